The fraction of sp³-hybridized carbons (Fsp3) is 0.286. The number of ether oxygens (including phenoxy) is 2. The summed E-state index contributed by atoms with van der Waals surface area (Å²) in [4.78, 5) is 44.8. The number of carbonyl (C=O) groups excluding carboxylic acids is 4. The summed E-state index contributed by atoms with van der Waals surface area (Å²) in [5.74, 6) is -1.34. The Hall–Kier alpha value is -2.90. The minimum atomic E-state index is -1.16. The maximum absolute atomic E-state index is 11.6. The molecule has 0 heterocycles. The van der Waals surface area contributed by atoms with Crippen LogP contribution in [-0.2, 0) is 14.3 Å². The van der Waals surface area contributed by atoms with Crippen LogP contribution in [0.15, 0.2) is 24.3 Å². The Balaban J connectivity index is 2.47. The quantitative estimate of drug-likeness (QED) is 0.576. The third-order valence-corrected chi connectivity index (χ3v) is 2.53. The fourth-order valence-electron chi connectivity index (χ4n) is 1.41. The predicted molar refractivity (Wildman–Crippen MR) is 75.5 cm³/mol. The molecule has 0 aliphatic carbocycles. The molecule has 8 nitrogen and oxygen atoms in total. The number of esters is 1. The number of imide groups is 1. The van der Waals surface area contributed by atoms with Crippen LogP contribution in [0.4, 0.5) is 4.79 Å². The number of hydrogen-bond acceptors (Lipinski definition) is 6. The maximum atomic E-state index is 11.6. The first-order valence-corrected chi connectivity index (χ1v) is 6.37. The lowest BCUT2D eigenvalue weighted by atomic mass is 10.2. The Morgan fingerprint density at radius 3 is 2.59 bits per heavy atom. The molecule has 0 fully saturated rings. The lowest BCUT2D eigenvalue weighted by molar-refractivity contribution is -0.156. The number of para-hydroxylation sites is 1. The van der Waals surface area contributed by atoms with Crippen LogP contribution in [0.25, 0.3) is 0 Å². The highest BCUT2D eigenvalue weighted by atomic mass is 16.6. The minimum Gasteiger partial charge on any atom is -0.481 e. The smallest absolute Gasteiger partial charge is 0.344 e. The molecule has 118 valence electrons. The molecule has 0 radical (unpaired) electrons. The number of urea groups is 1. The molecule has 0 spiro atoms. The first kappa shape index (κ1) is 17.2. The van der Waals surface area contributed by atoms with E-state index in [0.717, 1.165) is 0 Å². The summed E-state index contributed by atoms with van der Waals surface area (Å²) in [5, 5.41) is 4.17. The highest BCUT2D eigenvalue weighted by Crippen LogP contribution is 2.15. The molecule has 0 aromatic heterocycles. The van der Waals surface area contributed by atoms with Gasteiger partial charge in [0.2, 0.25) is 0 Å². The summed E-state index contributed by atoms with van der Waals surface area (Å²) >= 11 is 0. The molecular weight excluding hydrogens is 292 g/mol. The maximum Gasteiger partial charge on any atom is 0.344 e. The zero-order valence-corrected chi connectivity index (χ0v) is 12.1. The number of nitrogens with one attached hydrogen (secondary N) is 2. The second kappa shape index (κ2) is 8.40. The van der Waals surface area contributed by atoms with Gasteiger partial charge in [-0.15, -0.1) is 0 Å². The minimum absolute atomic E-state index is 0.233. The summed E-state index contributed by atoms with van der Waals surface area (Å²) in [5.41, 5.74) is 0.292. The van der Waals surface area contributed by atoms with Crippen LogP contribution in [0.1, 0.15) is 17.3 Å². The summed E-state index contributed by atoms with van der Waals surface area (Å²) in [6.45, 7) is 0.845. The molecule has 0 unspecified atom stereocenters. The van der Waals surface area contributed by atoms with Gasteiger partial charge in [0.05, 0.1) is 5.56 Å². The van der Waals surface area contributed by atoms with Crippen molar-refractivity contribution >= 4 is 24.2 Å². The van der Waals surface area contributed by atoms with Crippen LogP contribution in [0.3, 0.4) is 0 Å². The summed E-state index contributed by atoms with van der Waals surface area (Å²) in [6.07, 6.45) is -0.560. The van der Waals surface area contributed by atoms with Crippen molar-refractivity contribution in [2.24, 2.45) is 0 Å². The van der Waals surface area contributed by atoms with Crippen molar-refractivity contribution < 1.29 is 28.7 Å². The van der Waals surface area contributed by atoms with Crippen molar-refractivity contribution in [2.45, 2.75) is 13.0 Å². The van der Waals surface area contributed by atoms with Crippen molar-refractivity contribution in [3.05, 3.63) is 29.8 Å². The number of hydrogen-bond donors (Lipinski definition) is 2. The van der Waals surface area contributed by atoms with Gasteiger partial charge in [0.25, 0.3) is 5.91 Å². The van der Waals surface area contributed by atoms with Crippen molar-refractivity contribution in [3.8, 4) is 5.75 Å². The van der Waals surface area contributed by atoms with E-state index in [4.69, 9.17) is 9.47 Å². The monoisotopic (exact) mass is 308 g/mol. The topological polar surface area (TPSA) is 111 Å². The van der Waals surface area contributed by atoms with Crippen molar-refractivity contribution in [2.75, 3.05) is 13.7 Å². The van der Waals surface area contributed by atoms with E-state index in [2.05, 4.69) is 5.32 Å². The summed E-state index contributed by atoms with van der Waals surface area (Å²) < 4.78 is 9.96. The van der Waals surface area contributed by atoms with E-state index in [1.54, 1.807) is 12.1 Å². The number of benzene rings is 1. The predicted octanol–water partition coefficient (Wildman–Crippen LogP) is 0.265. The van der Waals surface area contributed by atoms with Crippen LogP contribution in [0.5, 0.6) is 5.75 Å². The number of amides is 3. The first-order valence-electron chi connectivity index (χ1n) is 6.37. The zero-order chi connectivity index (χ0) is 16.5. The third kappa shape index (κ3) is 5.23. The van der Waals surface area contributed by atoms with Gasteiger partial charge < -0.3 is 14.8 Å². The van der Waals surface area contributed by atoms with Crippen molar-refractivity contribution in [1.82, 2.24) is 10.6 Å². The van der Waals surface area contributed by atoms with E-state index in [1.807, 2.05) is 5.32 Å². The normalized spacial score (nSPS) is 11.0. The van der Waals surface area contributed by atoms with Gasteiger partial charge in [-0.05, 0) is 19.1 Å². The van der Waals surface area contributed by atoms with Gasteiger partial charge >= 0.3 is 12.0 Å². The van der Waals surface area contributed by atoms with Crippen LogP contribution >= 0.6 is 0 Å². The summed E-state index contributed by atoms with van der Waals surface area (Å²) in [6, 6.07) is 5.66. The van der Waals surface area contributed by atoms with E-state index in [1.165, 1.54) is 26.1 Å². The average Bonchev–Trinajstić information content (AvgIpc) is 2.52. The molecule has 0 saturated heterocycles. The molecule has 0 aliphatic rings. The lowest BCUT2D eigenvalue weighted by Crippen LogP contribution is -2.43. The van der Waals surface area contributed by atoms with E-state index < -0.39 is 30.6 Å². The van der Waals surface area contributed by atoms with Crippen molar-refractivity contribution in [1.29, 1.82) is 0 Å². The SMILES string of the molecule is CNC(=O)NC(=O)[C@H](C)OC(=O)COc1ccccc1C=O. The van der Waals surface area contributed by atoms with Crippen molar-refractivity contribution in [3.63, 3.8) is 0 Å². The molecule has 1 aromatic rings. The van der Waals surface area contributed by atoms with Crippen LogP contribution < -0.4 is 15.4 Å². The molecule has 1 rings (SSSR count). The van der Waals surface area contributed by atoms with Gasteiger partial charge in [0.1, 0.15) is 5.75 Å². The Morgan fingerprint density at radius 1 is 1.27 bits per heavy atom. The number of rotatable bonds is 6. The second-order valence-corrected chi connectivity index (χ2v) is 4.14. The molecule has 3 amide bonds. The van der Waals surface area contributed by atoms with Gasteiger partial charge in [-0.2, -0.15) is 0 Å². The molecule has 8 heteroatoms. The molecule has 2 N–H and O–H groups in total. The van der Waals surface area contributed by atoms with Crippen LogP contribution in [0, 0.1) is 0 Å². The van der Waals surface area contributed by atoms with E-state index in [0.29, 0.717) is 11.8 Å². The highest BCUT2D eigenvalue weighted by Gasteiger charge is 2.19. The molecule has 1 aromatic carbocycles. The van der Waals surface area contributed by atoms with Gasteiger partial charge in [-0.3, -0.25) is 14.9 Å². The molecule has 1 atom stereocenters. The third-order valence-electron chi connectivity index (χ3n) is 2.53. The van der Waals surface area contributed by atoms with E-state index >= 15 is 0 Å². The van der Waals surface area contributed by atoms with Gasteiger partial charge in [-0.1, -0.05) is 12.1 Å². The second-order valence-electron chi connectivity index (χ2n) is 4.14. The number of aldehydes is 1. The van der Waals surface area contributed by atoms with Crippen LogP contribution in [0.2, 0.25) is 0 Å². The Bertz CT molecular complexity index is 572. The van der Waals surface area contributed by atoms with Gasteiger partial charge in [0.15, 0.2) is 19.0 Å². The van der Waals surface area contributed by atoms with E-state index in [9.17, 15) is 19.2 Å². The molecule has 0 bridgehead atoms. The molecule has 22 heavy (non-hydrogen) atoms. The lowest BCUT2D eigenvalue weighted by Gasteiger charge is -2.13. The number of carbonyl (C=O) groups is 4. The van der Waals surface area contributed by atoms with E-state index in [-0.39, 0.29) is 5.75 Å². The molecule has 0 aliphatic heterocycles. The Morgan fingerprint density at radius 2 is 1.95 bits per heavy atom. The molecular formula is C14H16N2O6. The van der Waals surface area contributed by atoms with Gasteiger partial charge in [-0.25, -0.2) is 9.59 Å². The zero-order valence-electron chi connectivity index (χ0n) is 12.1. The Labute approximate surface area is 126 Å². The average molecular weight is 308 g/mol. The van der Waals surface area contributed by atoms with Crippen LogP contribution in [-0.4, -0.2) is 44.0 Å². The summed E-state index contributed by atoms with van der Waals surface area (Å²) in [7, 11) is 1.34. The van der Waals surface area contributed by atoms with Gasteiger partial charge in [0, 0.05) is 7.05 Å². The first-order chi connectivity index (χ1) is 10.5. The molecule has 0 saturated carbocycles. The fourth-order valence-corrected chi connectivity index (χ4v) is 1.41. The standard InChI is InChI=1S/C14H16N2O6/c1-9(13(19)16-14(20)15-2)22-12(18)8-21-11-6-4-3-5-10(11)7-17/h3-7,9H,8H2,1-2H3,(H2,15,16,19,20)/t9-/m0/s1. The highest BCUT2D eigenvalue weighted by molar-refractivity contribution is 5.97. The Kier molecular flexibility index (Phi) is 6.55. The largest absolute Gasteiger partial charge is 0.481 e.